The van der Waals surface area contributed by atoms with Crippen LogP contribution in [0.25, 0.3) is 0 Å². The van der Waals surface area contributed by atoms with E-state index < -0.39 is 5.31 Å². The van der Waals surface area contributed by atoms with Crippen LogP contribution in [0.4, 0.5) is 0 Å². The van der Waals surface area contributed by atoms with Gasteiger partial charge < -0.3 is 0 Å². The van der Waals surface area contributed by atoms with Crippen LogP contribution >= 0.6 is 0 Å². The van der Waals surface area contributed by atoms with Crippen molar-refractivity contribution in [3.8, 4) is 0 Å². The molecule has 0 amide bonds. The molecule has 0 heterocycles. The van der Waals surface area contributed by atoms with Crippen LogP contribution in [0.1, 0.15) is 24.2 Å². The zero-order valence-electron chi connectivity index (χ0n) is 7.37. The molecule has 0 saturated heterocycles. The molecule has 0 atom stereocenters. The fourth-order valence-electron chi connectivity index (χ4n) is 0.962. The van der Waals surface area contributed by atoms with Crippen molar-refractivity contribution in [2.24, 2.45) is 0 Å². The maximum atomic E-state index is 11.5. The van der Waals surface area contributed by atoms with Gasteiger partial charge >= 0.3 is 0 Å². The second-order valence-corrected chi connectivity index (χ2v) is 3.42. The maximum Gasteiger partial charge on any atom is 0.159 e. The van der Waals surface area contributed by atoms with E-state index in [4.69, 9.17) is 7.85 Å². The van der Waals surface area contributed by atoms with Crippen LogP contribution in [0.15, 0.2) is 30.3 Å². The van der Waals surface area contributed by atoms with Crippen molar-refractivity contribution in [2.45, 2.75) is 19.2 Å². The largest absolute Gasteiger partial charge is 0.294 e. The van der Waals surface area contributed by atoms with Gasteiger partial charge in [-0.3, -0.25) is 4.79 Å². The predicted octanol–water partition coefficient (Wildman–Crippen LogP) is 2.24. The second-order valence-electron chi connectivity index (χ2n) is 3.42. The van der Waals surface area contributed by atoms with E-state index in [9.17, 15) is 4.79 Å². The summed E-state index contributed by atoms with van der Waals surface area (Å²) < 4.78 is 0. The number of rotatable bonds is 2. The molecule has 12 heavy (non-hydrogen) atoms. The molecule has 0 saturated carbocycles. The monoisotopic (exact) mass is 158 g/mol. The molecule has 1 rings (SSSR count). The number of ketones is 1. The molecule has 1 aromatic carbocycles. The minimum atomic E-state index is -0.776. The molecular weight excluding hydrogens is 147 g/mol. The van der Waals surface area contributed by atoms with Gasteiger partial charge in [0.15, 0.2) is 5.78 Å². The lowest BCUT2D eigenvalue weighted by Crippen LogP contribution is -2.16. The van der Waals surface area contributed by atoms with E-state index in [1.807, 2.05) is 18.2 Å². The number of hydrogen-bond acceptors (Lipinski definition) is 1. The number of Topliss-reactive ketones (excluding diaryl/α,β-unsaturated/α-hetero) is 1. The minimum Gasteiger partial charge on any atom is -0.294 e. The lowest BCUT2D eigenvalue weighted by Gasteiger charge is -2.16. The molecule has 60 valence electrons. The Morgan fingerprint density at radius 2 is 1.75 bits per heavy atom. The molecule has 2 heteroatoms. The molecule has 0 N–H and O–H groups in total. The van der Waals surface area contributed by atoms with E-state index in [0.29, 0.717) is 5.56 Å². The van der Waals surface area contributed by atoms with Gasteiger partial charge in [-0.1, -0.05) is 44.2 Å². The number of carbonyl (C=O) groups excluding carboxylic acids is 1. The summed E-state index contributed by atoms with van der Waals surface area (Å²) in [7, 11) is 5.66. The highest BCUT2D eigenvalue weighted by molar-refractivity contribution is 6.31. The lowest BCUT2D eigenvalue weighted by molar-refractivity contribution is 0.0949. The smallest absolute Gasteiger partial charge is 0.159 e. The molecule has 1 aromatic rings. The summed E-state index contributed by atoms with van der Waals surface area (Å²) in [5.74, 6) is -0.0249. The van der Waals surface area contributed by atoms with Crippen LogP contribution in [0.2, 0.25) is 5.31 Å². The third-order valence-corrected chi connectivity index (χ3v) is 1.62. The van der Waals surface area contributed by atoms with Crippen LogP contribution in [-0.4, -0.2) is 13.6 Å². The summed E-state index contributed by atoms with van der Waals surface area (Å²) in [5.41, 5.74) is 0.671. The second kappa shape index (κ2) is 3.14. The van der Waals surface area contributed by atoms with E-state index >= 15 is 0 Å². The van der Waals surface area contributed by atoms with Crippen LogP contribution in [0, 0.1) is 0 Å². The first-order valence-corrected chi connectivity index (χ1v) is 3.90. The van der Waals surface area contributed by atoms with Crippen molar-refractivity contribution in [1.29, 1.82) is 0 Å². The highest BCUT2D eigenvalue weighted by Gasteiger charge is 2.21. The molecule has 0 bridgehead atoms. The summed E-state index contributed by atoms with van der Waals surface area (Å²) in [6.07, 6.45) is 0. The van der Waals surface area contributed by atoms with Gasteiger partial charge in [0.1, 0.15) is 0 Å². The van der Waals surface area contributed by atoms with Gasteiger partial charge in [-0.15, -0.1) is 0 Å². The average molecular weight is 158 g/mol. The van der Waals surface area contributed by atoms with Gasteiger partial charge in [-0.25, -0.2) is 0 Å². The molecular formula is C10H11BO. The Labute approximate surface area is 74.2 Å². The SMILES string of the molecule is [B]C(C)(C)C(=O)c1ccccc1. The van der Waals surface area contributed by atoms with Crippen molar-refractivity contribution >= 4 is 13.6 Å². The Morgan fingerprint density at radius 3 is 2.17 bits per heavy atom. The fourth-order valence-corrected chi connectivity index (χ4v) is 0.962. The van der Waals surface area contributed by atoms with Gasteiger partial charge in [0, 0.05) is 5.56 Å². The summed E-state index contributed by atoms with van der Waals surface area (Å²) in [4.78, 5) is 11.5. The van der Waals surface area contributed by atoms with Crippen LogP contribution in [0.3, 0.4) is 0 Å². The maximum absolute atomic E-state index is 11.5. The highest BCUT2D eigenvalue weighted by Crippen LogP contribution is 2.24. The molecule has 0 aliphatic heterocycles. The van der Waals surface area contributed by atoms with E-state index in [-0.39, 0.29) is 5.78 Å². The van der Waals surface area contributed by atoms with Crippen molar-refractivity contribution in [3.63, 3.8) is 0 Å². The molecule has 2 radical (unpaired) electrons. The van der Waals surface area contributed by atoms with Crippen molar-refractivity contribution < 1.29 is 4.79 Å². The zero-order valence-corrected chi connectivity index (χ0v) is 7.37. The van der Waals surface area contributed by atoms with Gasteiger partial charge in [-0.05, 0) is 5.31 Å². The quantitative estimate of drug-likeness (QED) is 0.476. The van der Waals surface area contributed by atoms with E-state index in [1.165, 1.54) is 0 Å². The third-order valence-electron chi connectivity index (χ3n) is 1.62. The summed E-state index contributed by atoms with van der Waals surface area (Å²) >= 11 is 0. The first-order valence-electron chi connectivity index (χ1n) is 3.90. The van der Waals surface area contributed by atoms with Gasteiger partial charge in [0.25, 0.3) is 0 Å². The van der Waals surface area contributed by atoms with E-state index in [2.05, 4.69) is 0 Å². The molecule has 0 aromatic heterocycles. The summed E-state index contributed by atoms with van der Waals surface area (Å²) in [6.45, 7) is 3.42. The summed E-state index contributed by atoms with van der Waals surface area (Å²) in [6, 6.07) is 9.09. The molecule has 0 unspecified atom stereocenters. The fraction of sp³-hybridized carbons (Fsp3) is 0.300. The molecule has 0 aliphatic rings. The standard InChI is InChI=1S/C10H11BO/c1-10(2,11)9(12)8-6-4-3-5-7-8/h3-7H,1-2H3. The Hall–Kier alpha value is -1.05. The first-order chi connectivity index (χ1) is 5.52. The van der Waals surface area contributed by atoms with Gasteiger partial charge in [0.05, 0.1) is 7.85 Å². The molecule has 0 fully saturated rings. The normalized spacial score (nSPS) is 11.2. The van der Waals surface area contributed by atoms with Crippen molar-refractivity contribution in [1.82, 2.24) is 0 Å². The van der Waals surface area contributed by atoms with Crippen LogP contribution in [0.5, 0.6) is 0 Å². The van der Waals surface area contributed by atoms with Crippen LogP contribution < -0.4 is 0 Å². The van der Waals surface area contributed by atoms with E-state index in [0.717, 1.165) is 0 Å². The van der Waals surface area contributed by atoms with Gasteiger partial charge in [-0.2, -0.15) is 0 Å². The van der Waals surface area contributed by atoms with Crippen molar-refractivity contribution in [3.05, 3.63) is 35.9 Å². The Kier molecular flexibility index (Phi) is 2.36. The van der Waals surface area contributed by atoms with E-state index in [1.54, 1.807) is 26.0 Å². The Bertz CT molecular complexity index is 272. The topological polar surface area (TPSA) is 17.1 Å². The van der Waals surface area contributed by atoms with Crippen molar-refractivity contribution in [2.75, 3.05) is 0 Å². The van der Waals surface area contributed by atoms with Gasteiger partial charge in [0.2, 0.25) is 0 Å². The third kappa shape index (κ3) is 1.97. The predicted molar refractivity (Wildman–Crippen MR) is 50.6 cm³/mol. The molecule has 0 aliphatic carbocycles. The average Bonchev–Trinajstić information content (AvgIpc) is 2.03. The highest BCUT2D eigenvalue weighted by atomic mass is 16.1. The molecule has 1 nitrogen and oxygen atoms in total. The Morgan fingerprint density at radius 1 is 1.25 bits per heavy atom. The minimum absolute atomic E-state index is 0.0249. The lowest BCUT2D eigenvalue weighted by atomic mass is 9.67. The van der Waals surface area contributed by atoms with Crippen LogP contribution in [-0.2, 0) is 0 Å². The number of hydrogen-bond donors (Lipinski definition) is 0. The number of carbonyl (C=O) groups is 1. The zero-order chi connectivity index (χ0) is 9.19. The number of benzene rings is 1. The molecule has 0 spiro atoms. The Balaban J connectivity index is 2.94. The summed E-state index contributed by atoms with van der Waals surface area (Å²) in [5, 5.41) is -0.776. The first kappa shape index (κ1) is 9.05.